The van der Waals surface area contributed by atoms with Crippen molar-refractivity contribution in [2.75, 3.05) is 0 Å². The first-order valence-corrected chi connectivity index (χ1v) is 5.27. The molecule has 2 nitrogen and oxygen atoms in total. The van der Waals surface area contributed by atoms with E-state index in [1.807, 2.05) is 6.07 Å². The number of benzene rings is 2. The van der Waals surface area contributed by atoms with Gasteiger partial charge in [0.25, 0.3) is 0 Å². The van der Waals surface area contributed by atoms with E-state index in [1.54, 1.807) is 6.21 Å². The Morgan fingerprint density at radius 3 is 2.75 bits per heavy atom. The third kappa shape index (κ3) is 1.23. The summed E-state index contributed by atoms with van der Waals surface area (Å²) in [5, 5.41) is 14.3. The molecule has 0 amide bonds. The predicted octanol–water partition coefficient (Wildman–Crippen LogP) is 3.41. The Morgan fingerprint density at radius 2 is 1.94 bits per heavy atom. The summed E-state index contributed by atoms with van der Waals surface area (Å²) in [5.74, 6) is 0.0728. The summed E-state index contributed by atoms with van der Waals surface area (Å²) in [5.41, 5.74) is 2.43. The maximum Gasteiger partial charge on any atom is 0.0549 e. The van der Waals surface area contributed by atoms with Gasteiger partial charge in [-0.15, -0.1) is 5.16 Å². The normalized spacial score (nSPS) is 18.4. The maximum atomic E-state index is 8.66. The zero-order valence-corrected chi connectivity index (χ0v) is 8.67. The van der Waals surface area contributed by atoms with Crippen LogP contribution in [0.1, 0.15) is 17.0 Å². The number of oxime groups is 1. The van der Waals surface area contributed by atoms with Crippen LogP contribution in [-0.4, -0.2) is 11.4 Å². The molecule has 1 aliphatic carbocycles. The second kappa shape index (κ2) is 3.49. The van der Waals surface area contributed by atoms with Gasteiger partial charge in [0.1, 0.15) is 0 Å². The summed E-state index contributed by atoms with van der Waals surface area (Å²) in [4.78, 5) is 0. The van der Waals surface area contributed by atoms with E-state index >= 15 is 0 Å². The zero-order chi connectivity index (χ0) is 11.0. The van der Waals surface area contributed by atoms with Gasteiger partial charge in [-0.25, -0.2) is 0 Å². The molecule has 78 valence electrons. The Labute approximate surface area is 93.5 Å². The van der Waals surface area contributed by atoms with Crippen LogP contribution in [0, 0.1) is 0 Å². The molecule has 0 saturated heterocycles. The van der Waals surface area contributed by atoms with Crippen molar-refractivity contribution in [2.45, 2.75) is 5.92 Å². The van der Waals surface area contributed by atoms with Crippen LogP contribution in [0.25, 0.3) is 16.8 Å². The molecular weight excluding hydrogens is 198 g/mol. The fourth-order valence-corrected chi connectivity index (χ4v) is 2.33. The first-order valence-electron chi connectivity index (χ1n) is 5.27. The summed E-state index contributed by atoms with van der Waals surface area (Å²) in [6.45, 7) is 0. The van der Waals surface area contributed by atoms with Gasteiger partial charge < -0.3 is 5.21 Å². The molecule has 0 spiro atoms. The van der Waals surface area contributed by atoms with Gasteiger partial charge in [-0.3, -0.25) is 0 Å². The Bertz CT molecular complexity index is 593. The molecule has 2 aromatic rings. The molecule has 1 N–H and O–H groups in total. The van der Waals surface area contributed by atoms with Gasteiger partial charge >= 0.3 is 0 Å². The Hall–Kier alpha value is -2.09. The van der Waals surface area contributed by atoms with Gasteiger partial charge in [-0.1, -0.05) is 48.6 Å². The lowest BCUT2D eigenvalue weighted by molar-refractivity contribution is 0.320. The first-order chi connectivity index (χ1) is 7.90. The highest BCUT2D eigenvalue weighted by molar-refractivity contribution is 5.98. The van der Waals surface area contributed by atoms with Crippen molar-refractivity contribution in [3.05, 3.63) is 53.6 Å². The molecule has 0 heterocycles. The molecule has 1 aliphatic rings. The fourth-order valence-electron chi connectivity index (χ4n) is 2.33. The minimum absolute atomic E-state index is 0.0728. The third-order valence-corrected chi connectivity index (χ3v) is 3.04. The molecule has 2 heteroatoms. The van der Waals surface area contributed by atoms with E-state index in [4.69, 9.17) is 5.21 Å². The van der Waals surface area contributed by atoms with E-state index in [2.05, 4.69) is 47.6 Å². The van der Waals surface area contributed by atoms with Gasteiger partial charge in [-0.05, 0) is 21.9 Å². The second-order valence-corrected chi connectivity index (χ2v) is 3.94. The lowest BCUT2D eigenvalue weighted by Crippen LogP contribution is -2.02. The van der Waals surface area contributed by atoms with Crippen LogP contribution in [0.15, 0.2) is 47.6 Å². The summed E-state index contributed by atoms with van der Waals surface area (Å²) in [6, 6.07) is 12.5. The SMILES string of the molecule is ON=CC1C=Cc2cccc3cccc1c23. The van der Waals surface area contributed by atoms with Crippen molar-refractivity contribution in [1.29, 1.82) is 0 Å². The van der Waals surface area contributed by atoms with Crippen LogP contribution in [0.3, 0.4) is 0 Å². The standard InChI is InChI=1S/C14H11NO/c16-15-9-12-8-7-11-4-1-3-10-5-2-6-13(12)14(10)11/h1-9,12,16H. The van der Waals surface area contributed by atoms with Crippen molar-refractivity contribution >= 4 is 23.1 Å². The highest BCUT2D eigenvalue weighted by atomic mass is 16.4. The second-order valence-electron chi connectivity index (χ2n) is 3.94. The van der Waals surface area contributed by atoms with Gasteiger partial charge in [0, 0.05) is 5.92 Å². The fraction of sp³-hybridized carbons (Fsp3) is 0.0714. The van der Waals surface area contributed by atoms with E-state index in [9.17, 15) is 0 Å². The molecular formula is C14H11NO. The van der Waals surface area contributed by atoms with Crippen molar-refractivity contribution in [1.82, 2.24) is 0 Å². The number of allylic oxidation sites excluding steroid dienone is 1. The molecule has 0 saturated carbocycles. The molecule has 3 rings (SSSR count). The average Bonchev–Trinajstić information content (AvgIpc) is 2.33. The molecule has 0 fully saturated rings. The van der Waals surface area contributed by atoms with Crippen molar-refractivity contribution in [3.63, 3.8) is 0 Å². The molecule has 0 bridgehead atoms. The summed E-state index contributed by atoms with van der Waals surface area (Å²) < 4.78 is 0. The number of hydrogen-bond donors (Lipinski definition) is 1. The van der Waals surface area contributed by atoms with E-state index in [1.165, 1.54) is 21.9 Å². The molecule has 1 unspecified atom stereocenters. The number of hydrogen-bond acceptors (Lipinski definition) is 2. The third-order valence-electron chi connectivity index (χ3n) is 3.04. The van der Waals surface area contributed by atoms with Crippen molar-refractivity contribution < 1.29 is 5.21 Å². The van der Waals surface area contributed by atoms with Crippen LogP contribution in [0.5, 0.6) is 0 Å². The smallest absolute Gasteiger partial charge is 0.0549 e. The first kappa shape index (κ1) is 9.16. The van der Waals surface area contributed by atoms with E-state index in [0.717, 1.165) is 0 Å². The molecule has 1 atom stereocenters. The zero-order valence-electron chi connectivity index (χ0n) is 8.67. The Balaban J connectivity index is 2.35. The summed E-state index contributed by atoms with van der Waals surface area (Å²) in [7, 11) is 0. The Morgan fingerprint density at radius 1 is 1.12 bits per heavy atom. The van der Waals surface area contributed by atoms with Gasteiger partial charge in [0.15, 0.2) is 0 Å². The van der Waals surface area contributed by atoms with Gasteiger partial charge in [-0.2, -0.15) is 0 Å². The van der Waals surface area contributed by atoms with E-state index in [0.29, 0.717) is 0 Å². The van der Waals surface area contributed by atoms with Crippen molar-refractivity contribution in [2.24, 2.45) is 5.16 Å². The quantitative estimate of drug-likeness (QED) is 0.435. The topological polar surface area (TPSA) is 32.6 Å². The molecule has 0 radical (unpaired) electrons. The minimum atomic E-state index is 0.0728. The van der Waals surface area contributed by atoms with Gasteiger partial charge in [0.2, 0.25) is 0 Å². The predicted molar refractivity (Wildman–Crippen MR) is 66.0 cm³/mol. The lowest BCUT2D eigenvalue weighted by atomic mass is 9.87. The van der Waals surface area contributed by atoms with Crippen LogP contribution < -0.4 is 0 Å². The molecule has 0 aliphatic heterocycles. The highest BCUT2D eigenvalue weighted by Gasteiger charge is 2.15. The molecule has 16 heavy (non-hydrogen) atoms. The molecule has 0 aromatic heterocycles. The Kier molecular flexibility index (Phi) is 2.00. The van der Waals surface area contributed by atoms with Crippen LogP contribution >= 0.6 is 0 Å². The van der Waals surface area contributed by atoms with Crippen molar-refractivity contribution in [3.8, 4) is 0 Å². The number of rotatable bonds is 1. The molecule has 2 aromatic carbocycles. The number of nitrogens with zero attached hydrogens (tertiary/aromatic N) is 1. The lowest BCUT2D eigenvalue weighted by Gasteiger charge is -2.17. The highest BCUT2D eigenvalue weighted by Crippen LogP contribution is 2.33. The van der Waals surface area contributed by atoms with Gasteiger partial charge in [0.05, 0.1) is 6.21 Å². The minimum Gasteiger partial charge on any atom is -0.411 e. The largest absolute Gasteiger partial charge is 0.411 e. The van der Waals surface area contributed by atoms with E-state index < -0.39 is 0 Å². The average molecular weight is 209 g/mol. The summed E-state index contributed by atoms with van der Waals surface area (Å²) >= 11 is 0. The maximum absolute atomic E-state index is 8.66. The van der Waals surface area contributed by atoms with Crippen LogP contribution in [0.4, 0.5) is 0 Å². The van der Waals surface area contributed by atoms with Crippen LogP contribution in [-0.2, 0) is 0 Å². The van der Waals surface area contributed by atoms with Crippen LogP contribution in [0.2, 0.25) is 0 Å². The summed E-state index contributed by atoms with van der Waals surface area (Å²) in [6.07, 6.45) is 5.69. The monoisotopic (exact) mass is 209 g/mol. The van der Waals surface area contributed by atoms with E-state index in [-0.39, 0.29) is 5.92 Å².